The highest BCUT2D eigenvalue weighted by atomic mass is 32.1. The molecule has 0 bridgehead atoms. The molecule has 0 unspecified atom stereocenters. The second-order valence-electron chi connectivity index (χ2n) is 4.73. The van der Waals surface area contributed by atoms with Crippen LogP contribution in [0.25, 0.3) is 10.6 Å². The summed E-state index contributed by atoms with van der Waals surface area (Å²) >= 11 is 3.12. The molecule has 0 fully saturated rings. The summed E-state index contributed by atoms with van der Waals surface area (Å²) in [6, 6.07) is 2.01. The van der Waals surface area contributed by atoms with Crippen LogP contribution < -0.4 is 0 Å². The fraction of sp³-hybridized carbons (Fsp3) is 0.214. The van der Waals surface area contributed by atoms with Gasteiger partial charge in [-0.15, -0.1) is 11.3 Å². The maximum Gasteiger partial charge on any atom is 0.273 e. The Labute approximate surface area is 130 Å². The summed E-state index contributed by atoms with van der Waals surface area (Å²) in [5, 5.41) is 10.8. The number of aryl methyl sites for hydroxylation is 1. The van der Waals surface area contributed by atoms with E-state index in [9.17, 15) is 4.79 Å². The van der Waals surface area contributed by atoms with Crippen LogP contribution in [0.15, 0.2) is 34.6 Å². The molecule has 5 nitrogen and oxygen atoms in total. The predicted octanol–water partition coefficient (Wildman–Crippen LogP) is 2.88. The van der Waals surface area contributed by atoms with Crippen LogP contribution in [0.4, 0.5) is 0 Å². The fourth-order valence-electron chi connectivity index (χ4n) is 1.99. The maximum absolute atomic E-state index is 12.4. The Hall–Kier alpha value is -1.99. The first-order chi connectivity index (χ1) is 10.1. The van der Waals surface area contributed by atoms with Gasteiger partial charge < -0.3 is 4.90 Å². The zero-order valence-corrected chi connectivity index (χ0v) is 13.3. The van der Waals surface area contributed by atoms with E-state index >= 15 is 0 Å². The van der Waals surface area contributed by atoms with E-state index in [0.717, 1.165) is 16.1 Å². The zero-order valence-electron chi connectivity index (χ0n) is 11.7. The van der Waals surface area contributed by atoms with Crippen molar-refractivity contribution < 1.29 is 4.79 Å². The van der Waals surface area contributed by atoms with Gasteiger partial charge >= 0.3 is 0 Å². The number of hydrogen-bond acceptors (Lipinski definition) is 5. The molecule has 108 valence electrons. The van der Waals surface area contributed by atoms with Crippen molar-refractivity contribution in [3.05, 3.63) is 45.9 Å². The van der Waals surface area contributed by atoms with Crippen LogP contribution in [-0.4, -0.2) is 32.6 Å². The quantitative estimate of drug-likeness (QED) is 0.743. The second kappa shape index (κ2) is 5.79. The van der Waals surface area contributed by atoms with Gasteiger partial charge in [-0.2, -0.15) is 16.4 Å². The fourth-order valence-corrected chi connectivity index (χ4v) is 3.49. The molecule has 0 N–H and O–H groups in total. The van der Waals surface area contributed by atoms with Crippen LogP contribution in [0.2, 0.25) is 0 Å². The van der Waals surface area contributed by atoms with E-state index in [4.69, 9.17) is 0 Å². The smallest absolute Gasteiger partial charge is 0.273 e. The third kappa shape index (κ3) is 3.03. The Balaban J connectivity index is 1.72. The van der Waals surface area contributed by atoms with Gasteiger partial charge in [0, 0.05) is 48.7 Å². The van der Waals surface area contributed by atoms with Crippen LogP contribution in [0.3, 0.4) is 0 Å². The molecule has 0 saturated heterocycles. The van der Waals surface area contributed by atoms with Crippen LogP contribution in [0, 0.1) is 0 Å². The van der Waals surface area contributed by atoms with Gasteiger partial charge in [-0.05, 0) is 11.4 Å². The molecule has 0 aromatic carbocycles. The SMILES string of the molecule is CN(Cc1cnn(C)c1)C(=O)c1csc(-c2ccsc2)n1. The molecule has 0 radical (unpaired) electrons. The number of thiazole rings is 1. The van der Waals surface area contributed by atoms with E-state index in [1.54, 1.807) is 34.2 Å². The molecule has 0 atom stereocenters. The Kier molecular flexibility index (Phi) is 3.85. The Morgan fingerprint density at radius 3 is 2.95 bits per heavy atom. The number of carbonyl (C=O) groups excluding carboxylic acids is 1. The number of amides is 1. The maximum atomic E-state index is 12.4. The molecule has 21 heavy (non-hydrogen) atoms. The van der Waals surface area contributed by atoms with E-state index in [2.05, 4.69) is 10.1 Å². The van der Waals surface area contributed by atoms with Gasteiger partial charge in [0.25, 0.3) is 5.91 Å². The Morgan fingerprint density at radius 1 is 1.43 bits per heavy atom. The topological polar surface area (TPSA) is 51.0 Å². The van der Waals surface area contributed by atoms with E-state index < -0.39 is 0 Å². The van der Waals surface area contributed by atoms with E-state index in [-0.39, 0.29) is 5.91 Å². The summed E-state index contributed by atoms with van der Waals surface area (Å²) in [5.74, 6) is -0.0726. The van der Waals surface area contributed by atoms with Crippen molar-refractivity contribution in [3.8, 4) is 10.6 Å². The lowest BCUT2D eigenvalue weighted by atomic mass is 10.3. The number of carbonyl (C=O) groups is 1. The van der Waals surface area contributed by atoms with Gasteiger partial charge in [0.1, 0.15) is 10.7 Å². The summed E-state index contributed by atoms with van der Waals surface area (Å²) in [4.78, 5) is 18.5. The van der Waals surface area contributed by atoms with E-state index in [0.29, 0.717) is 12.2 Å². The summed E-state index contributed by atoms with van der Waals surface area (Å²) in [6.45, 7) is 0.526. The van der Waals surface area contributed by atoms with Crippen molar-refractivity contribution in [1.82, 2.24) is 19.7 Å². The van der Waals surface area contributed by atoms with Crippen molar-refractivity contribution in [2.75, 3.05) is 7.05 Å². The molecule has 0 aliphatic heterocycles. The van der Waals surface area contributed by atoms with Gasteiger partial charge in [-0.1, -0.05) is 0 Å². The minimum atomic E-state index is -0.0726. The summed E-state index contributed by atoms with van der Waals surface area (Å²) in [7, 11) is 3.64. The third-order valence-electron chi connectivity index (χ3n) is 3.02. The molecule has 0 spiro atoms. The first-order valence-electron chi connectivity index (χ1n) is 6.34. The highest BCUT2D eigenvalue weighted by molar-refractivity contribution is 7.14. The Bertz CT molecular complexity index is 745. The van der Waals surface area contributed by atoms with Crippen molar-refractivity contribution in [2.45, 2.75) is 6.54 Å². The molecule has 0 saturated carbocycles. The lowest BCUT2D eigenvalue weighted by Gasteiger charge is -2.14. The molecule has 1 amide bonds. The first kappa shape index (κ1) is 14.0. The van der Waals surface area contributed by atoms with Crippen molar-refractivity contribution in [3.63, 3.8) is 0 Å². The summed E-state index contributed by atoms with van der Waals surface area (Å²) in [6.07, 6.45) is 3.67. The number of rotatable bonds is 4. The molecular weight excluding hydrogens is 304 g/mol. The highest BCUT2D eigenvalue weighted by Gasteiger charge is 2.17. The zero-order chi connectivity index (χ0) is 14.8. The van der Waals surface area contributed by atoms with Crippen molar-refractivity contribution in [1.29, 1.82) is 0 Å². The van der Waals surface area contributed by atoms with Gasteiger partial charge in [0.15, 0.2) is 0 Å². The monoisotopic (exact) mass is 318 g/mol. The summed E-state index contributed by atoms with van der Waals surface area (Å²) < 4.78 is 1.73. The average Bonchev–Trinajstić information content (AvgIpc) is 3.18. The number of hydrogen-bond donors (Lipinski definition) is 0. The van der Waals surface area contributed by atoms with Gasteiger partial charge in [0.05, 0.1) is 6.20 Å². The predicted molar refractivity (Wildman–Crippen MR) is 84.4 cm³/mol. The molecule has 0 aliphatic rings. The number of aromatic nitrogens is 3. The molecule has 3 aromatic rings. The molecule has 0 aliphatic carbocycles. The Morgan fingerprint density at radius 2 is 2.29 bits per heavy atom. The van der Waals surface area contributed by atoms with E-state index in [1.807, 2.05) is 35.5 Å². The molecule has 3 heterocycles. The minimum absolute atomic E-state index is 0.0726. The molecule has 7 heteroatoms. The molecule has 3 aromatic heterocycles. The van der Waals surface area contributed by atoms with Crippen LogP contribution in [0.1, 0.15) is 16.1 Å². The average molecular weight is 318 g/mol. The molecule has 3 rings (SSSR count). The van der Waals surface area contributed by atoms with Gasteiger partial charge in [-0.3, -0.25) is 9.48 Å². The minimum Gasteiger partial charge on any atom is -0.336 e. The van der Waals surface area contributed by atoms with Crippen LogP contribution in [-0.2, 0) is 13.6 Å². The third-order valence-corrected chi connectivity index (χ3v) is 4.59. The lowest BCUT2D eigenvalue weighted by molar-refractivity contribution is 0.0780. The van der Waals surface area contributed by atoms with Gasteiger partial charge in [0.2, 0.25) is 0 Å². The normalized spacial score (nSPS) is 10.8. The van der Waals surface area contributed by atoms with Gasteiger partial charge in [-0.25, -0.2) is 4.98 Å². The van der Waals surface area contributed by atoms with Crippen LogP contribution in [0.5, 0.6) is 0 Å². The number of thiophene rings is 1. The number of nitrogens with zero attached hydrogens (tertiary/aromatic N) is 4. The lowest BCUT2D eigenvalue weighted by Crippen LogP contribution is -2.26. The van der Waals surface area contributed by atoms with E-state index in [1.165, 1.54) is 11.3 Å². The van der Waals surface area contributed by atoms with Crippen LogP contribution >= 0.6 is 22.7 Å². The standard InChI is InChI=1S/C14H14N4OS2/c1-17(6-10-5-15-18(2)7-10)14(19)12-9-21-13(16-12)11-3-4-20-8-11/h3-5,7-9H,6H2,1-2H3. The van der Waals surface area contributed by atoms with Crippen molar-refractivity contribution >= 4 is 28.6 Å². The molecular formula is C14H14N4OS2. The van der Waals surface area contributed by atoms with Crippen molar-refractivity contribution in [2.24, 2.45) is 7.05 Å². The summed E-state index contributed by atoms with van der Waals surface area (Å²) in [5.41, 5.74) is 2.56. The highest BCUT2D eigenvalue weighted by Crippen LogP contribution is 2.26. The first-order valence-corrected chi connectivity index (χ1v) is 8.17. The largest absolute Gasteiger partial charge is 0.336 e. The second-order valence-corrected chi connectivity index (χ2v) is 6.37.